The summed E-state index contributed by atoms with van der Waals surface area (Å²) >= 11 is 1.04. The van der Waals surface area contributed by atoms with Gasteiger partial charge in [-0.2, -0.15) is 0 Å². The predicted octanol–water partition coefficient (Wildman–Crippen LogP) is 2.10. The monoisotopic (exact) mass is 265 g/mol. The van der Waals surface area contributed by atoms with Crippen LogP contribution in [0.5, 0.6) is 0 Å². The zero-order valence-electron chi connectivity index (χ0n) is 10.2. The van der Waals surface area contributed by atoms with E-state index < -0.39 is 0 Å². The molecular weight excluding hydrogens is 250 g/mol. The van der Waals surface area contributed by atoms with Crippen molar-refractivity contribution in [3.05, 3.63) is 24.0 Å². The molecule has 2 heterocycles. The molecule has 1 aliphatic rings. The SMILES string of the molecule is CCCNc1ccnc(CN2C(=O)CSC2=O)c1. The van der Waals surface area contributed by atoms with Gasteiger partial charge in [0, 0.05) is 18.4 Å². The fourth-order valence-corrected chi connectivity index (χ4v) is 2.36. The van der Waals surface area contributed by atoms with E-state index in [0.29, 0.717) is 0 Å². The minimum absolute atomic E-state index is 0.140. The van der Waals surface area contributed by atoms with Crippen LogP contribution in [0.25, 0.3) is 0 Å². The van der Waals surface area contributed by atoms with Gasteiger partial charge in [-0.1, -0.05) is 18.7 Å². The van der Waals surface area contributed by atoms with Crippen molar-refractivity contribution in [3.63, 3.8) is 0 Å². The van der Waals surface area contributed by atoms with E-state index >= 15 is 0 Å². The molecular formula is C12H15N3O2S. The topological polar surface area (TPSA) is 62.3 Å². The molecule has 1 aromatic heterocycles. The number of anilines is 1. The van der Waals surface area contributed by atoms with Gasteiger partial charge in [0.1, 0.15) is 0 Å². The Hall–Kier alpha value is -1.56. The maximum atomic E-state index is 11.5. The summed E-state index contributed by atoms with van der Waals surface area (Å²) < 4.78 is 0. The molecule has 0 radical (unpaired) electrons. The molecule has 0 aromatic carbocycles. The number of pyridine rings is 1. The molecule has 1 aliphatic heterocycles. The highest BCUT2D eigenvalue weighted by Gasteiger charge is 2.30. The van der Waals surface area contributed by atoms with Crippen molar-refractivity contribution in [2.45, 2.75) is 19.9 Å². The summed E-state index contributed by atoms with van der Waals surface area (Å²) in [5.41, 5.74) is 1.69. The van der Waals surface area contributed by atoms with Gasteiger partial charge in [-0.15, -0.1) is 0 Å². The first-order chi connectivity index (χ1) is 8.70. The second-order valence-electron chi connectivity index (χ2n) is 4.00. The molecule has 0 unspecified atom stereocenters. The summed E-state index contributed by atoms with van der Waals surface area (Å²) in [4.78, 5) is 28.4. The third-order valence-corrected chi connectivity index (χ3v) is 3.41. The summed E-state index contributed by atoms with van der Waals surface area (Å²) in [6.45, 7) is 3.24. The molecule has 1 saturated heterocycles. The fraction of sp³-hybridized carbons (Fsp3) is 0.417. The summed E-state index contributed by atoms with van der Waals surface area (Å²) in [6, 6.07) is 3.75. The largest absolute Gasteiger partial charge is 0.385 e. The number of rotatable bonds is 5. The van der Waals surface area contributed by atoms with Crippen molar-refractivity contribution in [3.8, 4) is 0 Å². The van der Waals surface area contributed by atoms with E-state index in [4.69, 9.17) is 0 Å². The second kappa shape index (κ2) is 5.86. The number of amides is 2. The van der Waals surface area contributed by atoms with Crippen molar-refractivity contribution in [2.24, 2.45) is 0 Å². The average Bonchev–Trinajstić information content (AvgIpc) is 2.69. The van der Waals surface area contributed by atoms with Crippen molar-refractivity contribution in [1.82, 2.24) is 9.88 Å². The number of aromatic nitrogens is 1. The Morgan fingerprint density at radius 1 is 1.50 bits per heavy atom. The smallest absolute Gasteiger partial charge is 0.289 e. The van der Waals surface area contributed by atoms with E-state index in [9.17, 15) is 9.59 Å². The molecule has 5 nitrogen and oxygen atoms in total. The van der Waals surface area contributed by atoms with E-state index in [0.717, 1.165) is 36.1 Å². The van der Waals surface area contributed by atoms with Crippen molar-refractivity contribution < 1.29 is 9.59 Å². The first kappa shape index (κ1) is 12.9. The number of hydrogen-bond acceptors (Lipinski definition) is 5. The molecule has 1 N–H and O–H groups in total. The Bertz CT molecular complexity index is 448. The number of nitrogens with one attached hydrogen (secondary N) is 1. The lowest BCUT2D eigenvalue weighted by atomic mass is 10.3. The zero-order valence-corrected chi connectivity index (χ0v) is 11.0. The highest BCUT2D eigenvalue weighted by Crippen LogP contribution is 2.21. The summed E-state index contributed by atoms with van der Waals surface area (Å²) in [6.07, 6.45) is 2.73. The van der Waals surface area contributed by atoms with Gasteiger partial charge >= 0.3 is 0 Å². The molecule has 2 amide bonds. The van der Waals surface area contributed by atoms with Crippen LogP contribution in [-0.4, -0.2) is 33.3 Å². The van der Waals surface area contributed by atoms with E-state index in [1.807, 2.05) is 12.1 Å². The van der Waals surface area contributed by atoms with Crippen molar-refractivity contribution >= 4 is 28.6 Å². The van der Waals surface area contributed by atoms with Crippen molar-refractivity contribution in [2.75, 3.05) is 17.6 Å². The second-order valence-corrected chi connectivity index (χ2v) is 4.92. The first-order valence-corrected chi connectivity index (χ1v) is 6.85. The van der Waals surface area contributed by atoms with Crippen LogP contribution in [0.4, 0.5) is 10.5 Å². The van der Waals surface area contributed by atoms with Crippen LogP contribution >= 0.6 is 11.8 Å². The third-order valence-electron chi connectivity index (χ3n) is 2.56. The first-order valence-electron chi connectivity index (χ1n) is 5.86. The number of carbonyl (C=O) groups is 2. The van der Waals surface area contributed by atoms with Gasteiger partial charge in [0.25, 0.3) is 5.24 Å². The van der Waals surface area contributed by atoms with Gasteiger partial charge in [-0.05, 0) is 18.6 Å². The lowest BCUT2D eigenvalue weighted by Gasteiger charge is -2.13. The third kappa shape index (κ3) is 3.01. The van der Waals surface area contributed by atoms with Crippen LogP contribution in [0.1, 0.15) is 19.0 Å². The number of nitrogens with zero attached hydrogens (tertiary/aromatic N) is 2. The zero-order chi connectivity index (χ0) is 13.0. The number of carbonyl (C=O) groups excluding carboxylic acids is 2. The Morgan fingerprint density at radius 3 is 3.00 bits per heavy atom. The van der Waals surface area contributed by atoms with Gasteiger partial charge in [0.15, 0.2) is 0 Å². The van der Waals surface area contributed by atoms with E-state index in [1.54, 1.807) is 6.20 Å². The van der Waals surface area contributed by atoms with Gasteiger partial charge in [0.2, 0.25) is 5.91 Å². The van der Waals surface area contributed by atoms with Gasteiger partial charge in [0.05, 0.1) is 18.0 Å². The molecule has 2 rings (SSSR count). The van der Waals surface area contributed by atoms with Gasteiger partial charge in [-0.25, -0.2) is 0 Å². The number of imide groups is 1. The Kier molecular flexibility index (Phi) is 4.19. The predicted molar refractivity (Wildman–Crippen MR) is 71.4 cm³/mol. The Morgan fingerprint density at radius 2 is 2.33 bits per heavy atom. The van der Waals surface area contributed by atoms with Crippen LogP contribution in [0, 0.1) is 0 Å². The normalized spacial score (nSPS) is 15.3. The van der Waals surface area contributed by atoms with E-state index in [2.05, 4.69) is 17.2 Å². The quantitative estimate of drug-likeness (QED) is 0.883. The number of thioether (sulfide) groups is 1. The van der Waals surface area contributed by atoms with Gasteiger partial charge < -0.3 is 5.32 Å². The standard InChI is InChI=1S/C12H15N3O2S/c1-2-4-13-9-3-5-14-10(6-9)7-15-11(16)8-18-12(15)17/h3,5-6H,2,4,7-8H2,1H3,(H,13,14). The van der Waals surface area contributed by atoms with Crippen LogP contribution < -0.4 is 5.32 Å². The summed E-state index contributed by atoms with van der Waals surface area (Å²) in [5.74, 6) is 0.103. The van der Waals surface area contributed by atoms with E-state index in [1.165, 1.54) is 4.90 Å². The molecule has 0 bridgehead atoms. The van der Waals surface area contributed by atoms with Crippen molar-refractivity contribution in [1.29, 1.82) is 0 Å². The molecule has 0 aliphatic carbocycles. The Labute approximate surface area is 110 Å². The molecule has 0 spiro atoms. The maximum Gasteiger partial charge on any atom is 0.289 e. The molecule has 0 atom stereocenters. The van der Waals surface area contributed by atoms with Crippen LogP contribution in [0.2, 0.25) is 0 Å². The fourth-order valence-electron chi connectivity index (χ4n) is 1.64. The minimum Gasteiger partial charge on any atom is -0.385 e. The van der Waals surface area contributed by atoms with Crippen LogP contribution in [0.3, 0.4) is 0 Å². The lowest BCUT2D eigenvalue weighted by Crippen LogP contribution is -2.28. The maximum absolute atomic E-state index is 11.5. The highest BCUT2D eigenvalue weighted by molar-refractivity contribution is 8.14. The number of hydrogen-bond donors (Lipinski definition) is 1. The van der Waals surface area contributed by atoms with E-state index in [-0.39, 0.29) is 23.4 Å². The Balaban J connectivity index is 2.04. The molecule has 0 saturated carbocycles. The minimum atomic E-state index is -0.186. The summed E-state index contributed by atoms with van der Waals surface area (Å²) in [7, 11) is 0. The van der Waals surface area contributed by atoms with Gasteiger partial charge in [-0.3, -0.25) is 19.5 Å². The molecule has 6 heteroatoms. The van der Waals surface area contributed by atoms with Crippen LogP contribution in [0.15, 0.2) is 18.3 Å². The molecule has 18 heavy (non-hydrogen) atoms. The lowest BCUT2D eigenvalue weighted by molar-refractivity contribution is -0.125. The molecule has 1 fully saturated rings. The van der Waals surface area contributed by atoms with Crippen LogP contribution in [-0.2, 0) is 11.3 Å². The molecule has 1 aromatic rings. The highest BCUT2D eigenvalue weighted by atomic mass is 32.2. The molecule has 96 valence electrons. The average molecular weight is 265 g/mol. The summed E-state index contributed by atoms with van der Waals surface area (Å²) in [5, 5.41) is 3.06.